The number of aliphatic hydroxyl groups is 1. The SMILES string of the molecule is CCCCCCCCCCCCC(=O)O[C@H](COC(=O)CCCCCCCCC)COP(=O)(O)OC[C@H](O)COP(=O)(O)OC[C@@H](COC(=O)CCCCCCCCCCCCCCC(C)C)OC(=O)CCCCCCCCCCCCCCCC(C)C. The van der Waals surface area contributed by atoms with Gasteiger partial charge >= 0.3 is 39.5 Å². The molecule has 17 nitrogen and oxygen atoms in total. The second-order valence-corrected chi connectivity index (χ2v) is 28.8. The predicted octanol–water partition coefficient (Wildman–Crippen LogP) is 19.6. The summed E-state index contributed by atoms with van der Waals surface area (Å²) in [6.45, 7) is 9.52. The van der Waals surface area contributed by atoms with Crippen molar-refractivity contribution in [2.45, 2.75) is 368 Å². The molecule has 0 saturated heterocycles. The number of rotatable bonds is 68. The van der Waals surface area contributed by atoms with E-state index in [2.05, 4.69) is 41.5 Å². The maximum absolute atomic E-state index is 13.0. The zero-order valence-corrected chi connectivity index (χ0v) is 58.8. The van der Waals surface area contributed by atoms with Crippen LogP contribution in [0.15, 0.2) is 0 Å². The van der Waals surface area contributed by atoms with Crippen LogP contribution in [0.4, 0.5) is 0 Å². The van der Waals surface area contributed by atoms with Crippen LogP contribution in [0.3, 0.4) is 0 Å². The van der Waals surface area contributed by atoms with Gasteiger partial charge in [0.1, 0.15) is 19.3 Å². The molecular weight excluding hydrogens is 1160 g/mol. The third kappa shape index (κ3) is 62.8. The number of ether oxygens (including phenoxy) is 4. The third-order valence-electron chi connectivity index (χ3n) is 16.0. The first-order chi connectivity index (χ1) is 42.4. The topological polar surface area (TPSA) is 237 Å². The molecule has 0 bridgehead atoms. The molecule has 0 saturated carbocycles. The second-order valence-electron chi connectivity index (χ2n) is 25.9. The van der Waals surface area contributed by atoms with E-state index in [0.717, 1.165) is 115 Å². The monoisotopic (exact) mass is 1300 g/mol. The van der Waals surface area contributed by atoms with Crippen LogP contribution >= 0.6 is 15.6 Å². The summed E-state index contributed by atoms with van der Waals surface area (Å²) >= 11 is 0. The Hall–Kier alpha value is -1.94. The summed E-state index contributed by atoms with van der Waals surface area (Å²) in [5.74, 6) is -0.561. The average Bonchev–Trinajstić information content (AvgIpc) is 3.53. The van der Waals surface area contributed by atoms with Gasteiger partial charge in [0.25, 0.3) is 0 Å². The minimum atomic E-state index is -4.95. The first kappa shape index (κ1) is 86.1. The fraction of sp³-hybridized carbons (Fsp3) is 0.942. The highest BCUT2D eigenvalue weighted by Crippen LogP contribution is 2.45. The lowest BCUT2D eigenvalue weighted by Crippen LogP contribution is -2.30. The normalized spacial score (nSPS) is 14.2. The minimum Gasteiger partial charge on any atom is -0.462 e. The second kappa shape index (κ2) is 61.3. The van der Waals surface area contributed by atoms with E-state index < -0.39 is 97.5 Å². The number of unbranched alkanes of at least 4 members (excludes halogenated alkanes) is 38. The molecule has 0 aromatic rings. The summed E-state index contributed by atoms with van der Waals surface area (Å²) in [6.07, 6.45) is 45.9. The van der Waals surface area contributed by atoms with Crippen LogP contribution < -0.4 is 0 Å². The van der Waals surface area contributed by atoms with Gasteiger partial charge in [-0.15, -0.1) is 0 Å². The van der Waals surface area contributed by atoms with E-state index in [1.54, 1.807) is 0 Å². The number of esters is 4. The Balaban J connectivity index is 5.20. The van der Waals surface area contributed by atoms with Gasteiger partial charge in [-0.05, 0) is 37.5 Å². The third-order valence-corrected chi connectivity index (χ3v) is 17.9. The summed E-state index contributed by atoms with van der Waals surface area (Å²) < 4.78 is 68.1. The Morgan fingerprint density at radius 1 is 0.307 bits per heavy atom. The molecule has 0 heterocycles. The number of carbonyl (C=O) groups is 4. The van der Waals surface area contributed by atoms with E-state index in [9.17, 15) is 43.2 Å². The summed E-state index contributed by atoms with van der Waals surface area (Å²) in [7, 11) is -9.89. The first-order valence-corrected chi connectivity index (χ1v) is 39.0. The number of carbonyl (C=O) groups excluding carboxylic acids is 4. The number of phosphoric ester groups is 2. The summed E-state index contributed by atoms with van der Waals surface area (Å²) in [6, 6.07) is 0. The number of phosphoric acid groups is 2. The Kier molecular flexibility index (Phi) is 59.9. The molecule has 0 aromatic carbocycles. The van der Waals surface area contributed by atoms with Gasteiger partial charge in [0.05, 0.1) is 26.4 Å². The molecular formula is C69H134O17P2. The summed E-state index contributed by atoms with van der Waals surface area (Å²) in [5, 5.41) is 10.6. The fourth-order valence-electron chi connectivity index (χ4n) is 10.4. The molecule has 0 aliphatic heterocycles. The maximum atomic E-state index is 13.0. The molecule has 522 valence electrons. The zero-order valence-electron chi connectivity index (χ0n) is 57.0. The molecule has 3 N–H and O–H groups in total. The standard InChI is InChI=1S/C69H134O17P2/c1-7-9-11-13-15-16-28-35-41-47-53-68(73)85-64(57-79-66(71)51-45-39-31-14-12-10-8-2)59-83-87(75,76)81-55-63(70)56-82-88(77,78)84-60-65(58-80-67(72)52-46-40-34-29-24-21-20-23-27-33-38-44-50-62(5)6)86-69(74)54-48-42-36-30-25-19-17-18-22-26-32-37-43-49-61(3)4/h61-65,70H,7-60H2,1-6H3,(H,75,76)(H,77,78)/t63-,64+,65+/m0/s1. The Labute approximate surface area is 537 Å². The van der Waals surface area contributed by atoms with Crippen molar-refractivity contribution in [3.8, 4) is 0 Å². The van der Waals surface area contributed by atoms with Crippen LogP contribution in [0.1, 0.15) is 350 Å². The smallest absolute Gasteiger partial charge is 0.462 e. The van der Waals surface area contributed by atoms with Crippen LogP contribution in [-0.4, -0.2) is 96.7 Å². The molecule has 88 heavy (non-hydrogen) atoms. The van der Waals surface area contributed by atoms with Crippen LogP contribution in [0.5, 0.6) is 0 Å². The number of hydrogen-bond donors (Lipinski definition) is 3. The molecule has 19 heteroatoms. The lowest BCUT2D eigenvalue weighted by Gasteiger charge is -2.21. The maximum Gasteiger partial charge on any atom is 0.472 e. The zero-order chi connectivity index (χ0) is 65.0. The van der Waals surface area contributed by atoms with Gasteiger partial charge in [-0.1, -0.05) is 298 Å². The highest BCUT2D eigenvalue weighted by atomic mass is 31.2. The lowest BCUT2D eigenvalue weighted by molar-refractivity contribution is -0.161. The first-order valence-electron chi connectivity index (χ1n) is 36.0. The van der Waals surface area contributed by atoms with E-state index in [-0.39, 0.29) is 25.7 Å². The molecule has 0 aliphatic rings. The van der Waals surface area contributed by atoms with Crippen LogP contribution in [0.25, 0.3) is 0 Å². The van der Waals surface area contributed by atoms with Crippen molar-refractivity contribution in [1.29, 1.82) is 0 Å². The van der Waals surface area contributed by atoms with Crippen molar-refractivity contribution in [2.24, 2.45) is 11.8 Å². The Bertz CT molecular complexity index is 1720. The van der Waals surface area contributed by atoms with Crippen molar-refractivity contribution in [3.05, 3.63) is 0 Å². The molecule has 0 aliphatic carbocycles. The van der Waals surface area contributed by atoms with Crippen molar-refractivity contribution < 1.29 is 80.2 Å². The molecule has 0 amide bonds. The van der Waals surface area contributed by atoms with Crippen LogP contribution in [0, 0.1) is 11.8 Å². The molecule has 0 rings (SSSR count). The van der Waals surface area contributed by atoms with Gasteiger partial charge in [-0.25, -0.2) is 9.13 Å². The van der Waals surface area contributed by atoms with Crippen molar-refractivity contribution >= 4 is 39.5 Å². The van der Waals surface area contributed by atoms with Gasteiger partial charge in [0.15, 0.2) is 12.2 Å². The van der Waals surface area contributed by atoms with Crippen molar-refractivity contribution in [2.75, 3.05) is 39.6 Å². The Morgan fingerprint density at radius 3 is 0.773 bits per heavy atom. The highest BCUT2D eigenvalue weighted by Gasteiger charge is 2.30. The van der Waals surface area contributed by atoms with Gasteiger partial charge in [-0.3, -0.25) is 37.3 Å². The summed E-state index contributed by atoms with van der Waals surface area (Å²) in [4.78, 5) is 72.3. The lowest BCUT2D eigenvalue weighted by atomic mass is 10.0. The molecule has 0 aromatic heterocycles. The predicted molar refractivity (Wildman–Crippen MR) is 354 cm³/mol. The van der Waals surface area contributed by atoms with Crippen molar-refractivity contribution in [3.63, 3.8) is 0 Å². The molecule has 0 spiro atoms. The Morgan fingerprint density at radius 2 is 0.523 bits per heavy atom. The number of aliphatic hydroxyl groups excluding tert-OH is 1. The van der Waals surface area contributed by atoms with Gasteiger partial charge in [-0.2, -0.15) is 0 Å². The molecule has 0 fully saturated rings. The minimum absolute atomic E-state index is 0.106. The largest absolute Gasteiger partial charge is 0.472 e. The molecule has 2 unspecified atom stereocenters. The highest BCUT2D eigenvalue weighted by molar-refractivity contribution is 7.47. The van der Waals surface area contributed by atoms with E-state index in [0.29, 0.717) is 25.7 Å². The van der Waals surface area contributed by atoms with E-state index in [4.69, 9.17) is 37.0 Å². The van der Waals surface area contributed by atoms with E-state index in [1.165, 1.54) is 154 Å². The molecule has 5 atom stereocenters. The van der Waals surface area contributed by atoms with Crippen LogP contribution in [0.2, 0.25) is 0 Å². The van der Waals surface area contributed by atoms with Gasteiger partial charge in [0, 0.05) is 25.7 Å². The van der Waals surface area contributed by atoms with Gasteiger partial charge < -0.3 is 33.8 Å². The fourth-order valence-corrected chi connectivity index (χ4v) is 12.0. The van der Waals surface area contributed by atoms with Gasteiger partial charge in [0.2, 0.25) is 0 Å². The summed E-state index contributed by atoms with van der Waals surface area (Å²) in [5.41, 5.74) is 0. The number of hydrogen-bond acceptors (Lipinski definition) is 15. The quantitative estimate of drug-likeness (QED) is 0.0222. The van der Waals surface area contributed by atoms with Crippen LogP contribution in [-0.2, 0) is 65.4 Å². The molecule has 0 radical (unpaired) electrons. The average molecular weight is 1300 g/mol. The van der Waals surface area contributed by atoms with E-state index in [1.807, 2.05) is 0 Å². The van der Waals surface area contributed by atoms with Crippen molar-refractivity contribution in [1.82, 2.24) is 0 Å². The van der Waals surface area contributed by atoms with E-state index >= 15 is 0 Å².